The van der Waals surface area contributed by atoms with Crippen molar-refractivity contribution in [2.45, 2.75) is 19.3 Å². The van der Waals surface area contributed by atoms with Crippen LogP contribution in [0.5, 0.6) is 0 Å². The van der Waals surface area contributed by atoms with Gasteiger partial charge in [-0.2, -0.15) is 36.2 Å². The smallest absolute Gasteiger partial charge is 0.433 e. The Hall–Kier alpha value is -3.63. The second-order valence-electron chi connectivity index (χ2n) is 6.78. The molecule has 0 saturated heterocycles. The maximum atomic E-state index is 13.7. The predicted octanol–water partition coefficient (Wildman–Crippen LogP) is 5.04. The molecule has 11 heteroatoms. The van der Waals surface area contributed by atoms with Gasteiger partial charge < -0.3 is 5.21 Å². The highest BCUT2D eigenvalue weighted by molar-refractivity contribution is 5.79. The Morgan fingerprint density at radius 1 is 0.903 bits per heavy atom. The van der Waals surface area contributed by atoms with Crippen molar-refractivity contribution in [2.75, 3.05) is 0 Å². The number of benzene rings is 1. The van der Waals surface area contributed by atoms with E-state index in [4.69, 9.17) is 0 Å². The molecule has 0 spiro atoms. The first-order chi connectivity index (χ1) is 14.4. The normalized spacial score (nSPS) is 12.5. The Balaban J connectivity index is 1.93. The molecular formula is C20H12F6N4O. The predicted molar refractivity (Wildman–Crippen MR) is 97.6 cm³/mol. The highest BCUT2D eigenvalue weighted by atomic mass is 19.4. The third kappa shape index (κ3) is 3.78. The van der Waals surface area contributed by atoms with E-state index in [1.54, 1.807) is 0 Å². The standard InChI is InChI=1S/C20H12F6N4O/c1-11-8-13(6-7-29(11)31)15-10-27-30-17(20(24,25)26)9-16(28-18(15)30)12-2-4-14(5-3-12)19(21,22)23/h2-10H,1H3. The fourth-order valence-electron chi connectivity index (χ4n) is 3.12. The van der Waals surface area contributed by atoms with Gasteiger partial charge in [0.25, 0.3) is 0 Å². The van der Waals surface area contributed by atoms with Crippen molar-refractivity contribution in [2.24, 2.45) is 0 Å². The molecule has 3 heterocycles. The number of alkyl halides is 6. The molecule has 1 aromatic carbocycles. The highest BCUT2D eigenvalue weighted by Gasteiger charge is 2.36. The average molecular weight is 438 g/mol. The zero-order valence-electron chi connectivity index (χ0n) is 15.7. The van der Waals surface area contributed by atoms with Crippen molar-refractivity contribution in [1.82, 2.24) is 14.6 Å². The third-order valence-electron chi connectivity index (χ3n) is 4.68. The van der Waals surface area contributed by atoms with Gasteiger partial charge in [-0.3, -0.25) is 0 Å². The summed E-state index contributed by atoms with van der Waals surface area (Å²) in [7, 11) is 0. The van der Waals surface area contributed by atoms with Gasteiger partial charge in [-0.25, -0.2) is 9.50 Å². The van der Waals surface area contributed by atoms with Crippen LogP contribution in [0.4, 0.5) is 26.3 Å². The number of fused-ring (bicyclic) bond motifs is 1. The van der Waals surface area contributed by atoms with E-state index in [-0.39, 0.29) is 22.5 Å². The minimum atomic E-state index is -4.80. The SMILES string of the molecule is Cc1cc(-c2cnn3c(C(F)(F)F)cc(-c4ccc(C(F)(F)F)cc4)nc23)cc[n+]1[O-]. The van der Waals surface area contributed by atoms with Crippen molar-refractivity contribution in [3.8, 4) is 22.4 Å². The molecule has 0 radical (unpaired) electrons. The van der Waals surface area contributed by atoms with E-state index >= 15 is 0 Å². The topological polar surface area (TPSA) is 57.1 Å². The molecule has 0 amide bonds. The Morgan fingerprint density at radius 3 is 2.16 bits per heavy atom. The van der Waals surface area contributed by atoms with Gasteiger partial charge in [-0.1, -0.05) is 12.1 Å². The van der Waals surface area contributed by atoms with Crippen molar-refractivity contribution in [3.05, 3.63) is 77.0 Å². The van der Waals surface area contributed by atoms with Crippen LogP contribution in [0.15, 0.2) is 54.9 Å². The number of rotatable bonds is 2. The van der Waals surface area contributed by atoms with E-state index in [1.807, 2.05) is 0 Å². The first kappa shape index (κ1) is 20.6. The van der Waals surface area contributed by atoms with Gasteiger partial charge in [-0.05, 0) is 23.8 Å². The summed E-state index contributed by atoms with van der Waals surface area (Å²) in [6.45, 7) is 1.53. The summed E-state index contributed by atoms with van der Waals surface area (Å²) >= 11 is 0. The molecule has 0 aliphatic carbocycles. The molecule has 4 rings (SSSR count). The fourth-order valence-corrected chi connectivity index (χ4v) is 3.12. The zero-order valence-corrected chi connectivity index (χ0v) is 15.7. The quantitative estimate of drug-likeness (QED) is 0.250. The largest absolute Gasteiger partial charge is 0.619 e. The molecule has 5 nitrogen and oxygen atoms in total. The van der Waals surface area contributed by atoms with Gasteiger partial charge in [0, 0.05) is 30.2 Å². The Labute approximate surface area is 170 Å². The monoisotopic (exact) mass is 438 g/mol. The summed E-state index contributed by atoms with van der Waals surface area (Å²) in [5, 5.41) is 15.4. The van der Waals surface area contributed by atoms with Crippen molar-refractivity contribution in [1.29, 1.82) is 0 Å². The second kappa shape index (κ2) is 6.96. The van der Waals surface area contributed by atoms with Crippen LogP contribution in [0.3, 0.4) is 0 Å². The van der Waals surface area contributed by atoms with E-state index in [0.29, 0.717) is 20.5 Å². The molecule has 0 bridgehead atoms. The first-order valence-corrected chi connectivity index (χ1v) is 8.79. The molecule has 0 aliphatic heterocycles. The molecule has 160 valence electrons. The number of nitrogens with zero attached hydrogens (tertiary/aromatic N) is 4. The summed E-state index contributed by atoms with van der Waals surface area (Å²) in [6.07, 6.45) is -6.97. The van der Waals surface area contributed by atoms with Crippen molar-refractivity contribution in [3.63, 3.8) is 0 Å². The summed E-state index contributed by atoms with van der Waals surface area (Å²) in [4.78, 5) is 4.23. The van der Waals surface area contributed by atoms with Crippen LogP contribution in [0.25, 0.3) is 28.0 Å². The fraction of sp³-hybridized carbons (Fsp3) is 0.150. The lowest BCUT2D eigenvalue weighted by Gasteiger charge is -2.12. The molecule has 31 heavy (non-hydrogen) atoms. The summed E-state index contributed by atoms with van der Waals surface area (Å²) in [5.41, 5.74) is -1.32. The molecule has 4 aromatic rings. The van der Waals surface area contributed by atoms with Crippen LogP contribution in [0.2, 0.25) is 0 Å². The Morgan fingerprint density at radius 2 is 1.58 bits per heavy atom. The average Bonchev–Trinajstić information content (AvgIpc) is 3.12. The zero-order chi connectivity index (χ0) is 22.6. The molecule has 0 N–H and O–H groups in total. The molecule has 0 aliphatic rings. The van der Waals surface area contributed by atoms with E-state index < -0.39 is 23.6 Å². The second-order valence-corrected chi connectivity index (χ2v) is 6.78. The molecule has 0 saturated carbocycles. The van der Waals surface area contributed by atoms with Gasteiger partial charge in [0.15, 0.2) is 23.2 Å². The molecule has 3 aromatic heterocycles. The van der Waals surface area contributed by atoms with Crippen LogP contribution in [0, 0.1) is 12.1 Å². The van der Waals surface area contributed by atoms with Crippen LogP contribution in [-0.2, 0) is 12.4 Å². The van der Waals surface area contributed by atoms with Gasteiger partial charge in [0.2, 0.25) is 0 Å². The third-order valence-corrected chi connectivity index (χ3v) is 4.68. The van der Waals surface area contributed by atoms with Gasteiger partial charge in [0.1, 0.15) is 0 Å². The minimum absolute atomic E-state index is 0.0785. The van der Waals surface area contributed by atoms with E-state index in [2.05, 4.69) is 10.1 Å². The number of halogens is 6. The summed E-state index contributed by atoms with van der Waals surface area (Å²) < 4.78 is 80.7. The van der Waals surface area contributed by atoms with Crippen LogP contribution < -0.4 is 4.73 Å². The lowest BCUT2D eigenvalue weighted by molar-refractivity contribution is -0.612. The number of aryl methyl sites for hydroxylation is 1. The van der Waals surface area contributed by atoms with Crippen molar-refractivity contribution < 1.29 is 31.1 Å². The molecule has 0 fully saturated rings. The minimum Gasteiger partial charge on any atom is -0.619 e. The van der Waals surface area contributed by atoms with Crippen LogP contribution in [0.1, 0.15) is 17.0 Å². The Bertz CT molecular complexity index is 1280. The van der Waals surface area contributed by atoms with Crippen LogP contribution >= 0.6 is 0 Å². The number of hydrogen-bond acceptors (Lipinski definition) is 3. The summed E-state index contributed by atoms with van der Waals surface area (Å²) in [5.74, 6) is 0. The van der Waals surface area contributed by atoms with Gasteiger partial charge >= 0.3 is 12.4 Å². The summed E-state index contributed by atoms with van der Waals surface area (Å²) in [6, 6.07) is 7.29. The lowest BCUT2D eigenvalue weighted by atomic mass is 10.1. The van der Waals surface area contributed by atoms with Crippen molar-refractivity contribution >= 4 is 5.65 Å². The van der Waals surface area contributed by atoms with Gasteiger partial charge in [0.05, 0.1) is 17.5 Å². The van der Waals surface area contributed by atoms with E-state index in [1.165, 1.54) is 31.5 Å². The van der Waals surface area contributed by atoms with Gasteiger partial charge in [-0.15, -0.1) is 0 Å². The molecular weight excluding hydrogens is 426 g/mol. The number of pyridine rings is 1. The number of aromatic nitrogens is 4. The van der Waals surface area contributed by atoms with E-state index in [9.17, 15) is 31.5 Å². The Kier molecular flexibility index (Phi) is 4.64. The highest BCUT2D eigenvalue weighted by Crippen LogP contribution is 2.36. The molecule has 0 atom stereocenters. The lowest BCUT2D eigenvalue weighted by Crippen LogP contribution is -2.28. The maximum Gasteiger partial charge on any atom is 0.433 e. The van der Waals surface area contributed by atoms with Crippen LogP contribution in [-0.4, -0.2) is 14.6 Å². The molecule has 0 unspecified atom stereocenters. The maximum absolute atomic E-state index is 13.7. The van der Waals surface area contributed by atoms with E-state index in [0.717, 1.165) is 30.3 Å². The number of hydrogen-bond donors (Lipinski definition) is 0. The first-order valence-electron chi connectivity index (χ1n) is 8.79.